The number of H-pyrrole nitrogens is 1. The van der Waals surface area contributed by atoms with Crippen LogP contribution in [0.15, 0.2) is 16.7 Å². The number of nitrogens with zero attached hydrogens (tertiary/aromatic N) is 2. The number of carbonyl (C=O) groups is 1. The van der Waals surface area contributed by atoms with Crippen LogP contribution >= 0.6 is 27.5 Å². The minimum absolute atomic E-state index is 0.143. The van der Waals surface area contributed by atoms with Crippen LogP contribution in [0.2, 0.25) is 5.15 Å². The molecule has 2 aromatic heterocycles. The van der Waals surface area contributed by atoms with Gasteiger partial charge in [-0.2, -0.15) is 5.10 Å². The molecule has 0 fully saturated rings. The largest absolute Gasteiger partial charge is 0.395 e. The second-order valence-electron chi connectivity index (χ2n) is 4.50. The zero-order chi connectivity index (χ0) is 14.9. The van der Waals surface area contributed by atoms with Crippen LogP contribution in [0.1, 0.15) is 35.9 Å². The van der Waals surface area contributed by atoms with Crippen LogP contribution in [0, 0.1) is 0 Å². The van der Waals surface area contributed by atoms with Crippen molar-refractivity contribution in [1.82, 2.24) is 15.2 Å². The van der Waals surface area contributed by atoms with Gasteiger partial charge in [0.15, 0.2) is 10.8 Å². The molecule has 0 aliphatic heterocycles. The Kier molecular flexibility index (Phi) is 4.29. The smallest absolute Gasteiger partial charge is 0.278 e. The molecule has 8 heteroatoms. The molecule has 0 saturated carbocycles. The minimum atomic E-state index is -0.438. The number of nitrogen functional groups attached to an aromatic ring is 1. The van der Waals surface area contributed by atoms with E-state index in [1.165, 1.54) is 6.20 Å². The highest BCUT2D eigenvalue weighted by atomic mass is 79.9. The van der Waals surface area contributed by atoms with Gasteiger partial charge in [-0.1, -0.05) is 25.4 Å². The van der Waals surface area contributed by atoms with Gasteiger partial charge in [-0.05, 0) is 27.9 Å². The highest BCUT2D eigenvalue weighted by molar-refractivity contribution is 9.10. The molecule has 0 unspecified atom stereocenters. The Morgan fingerprint density at radius 3 is 2.85 bits per heavy atom. The van der Waals surface area contributed by atoms with E-state index in [4.69, 9.17) is 17.3 Å². The fraction of sp³-hybridized carbons (Fsp3) is 0.250. The lowest BCUT2D eigenvalue weighted by molar-refractivity contribution is 0.102. The van der Waals surface area contributed by atoms with E-state index in [-0.39, 0.29) is 16.8 Å². The van der Waals surface area contributed by atoms with Gasteiger partial charge in [0.05, 0.1) is 17.1 Å². The van der Waals surface area contributed by atoms with E-state index in [0.717, 1.165) is 5.69 Å². The third-order valence-electron chi connectivity index (χ3n) is 2.68. The average Bonchev–Trinajstić information content (AvgIpc) is 2.76. The lowest BCUT2D eigenvalue weighted by Crippen LogP contribution is -2.15. The molecule has 0 atom stereocenters. The summed E-state index contributed by atoms with van der Waals surface area (Å²) in [4.78, 5) is 16.1. The fourth-order valence-corrected chi connectivity index (χ4v) is 2.15. The van der Waals surface area contributed by atoms with Crippen molar-refractivity contribution in [3.63, 3.8) is 0 Å². The summed E-state index contributed by atoms with van der Waals surface area (Å²) >= 11 is 9.18. The minimum Gasteiger partial charge on any atom is -0.395 e. The molecule has 0 saturated heterocycles. The maximum atomic E-state index is 12.2. The lowest BCUT2D eigenvalue weighted by Gasteiger charge is -2.06. The molecule has 2 rings (SSSR count). The van der Waals surface area contributed by atoms with Crippen molar-refractivity contribution >= 4 is 44.8 Å². The summed E-state index contributed by atoms with van der Waals surface area (Å²) in [6, 6.07) is 1.65. The maximum absolute atomic E-state index is 12.2. The van der Waals surface area contributed by atoms with E-state index in [1.807, 2.05) is 13.8 Å². The van der Waals surface area contributed by atoms with Gasteiger partial charge in [0.2, 0.25) is 0 Å². The van der Waals surface area contributed by atoms with E-state index in [2.05, 4.69) is 36.4 Å². The molecule has 0 aromatic carbocycles. The van der Waals surface area contributed by atoms with Gasteiger partial charge in [0, 0.05) is 10.7 Å². The van der Waals surface area contributed by atoms with Crippen molar-refractivity contribution in [2.45, 2.75) is 19.8 Å². The molecule has 0 spiro atoms. The van der Waals surface area contributed by atoms with Gasteiger partial charge in [0.25, 0.3) is 5.91 Å². The standard InChI is InChI=1S/C12H13BrClN5O/c1-5(2)9-8(15)10(19-18-9)12(20)17-7-3-6(13)4-16-11(7)14/h3-5H,15H2,1-2H3,(H,17,20)(H,18,19). The van der Waals surface area contributed by atoms with Gasteiger partial charge in [0.1, 0.15) is 0 Å². The third-order valence-corrected chi connectivity index (χ3v) is 3.41. The molecule has 1 amide bonds. The van der Waals surface area contributed by atoms with E-state index in [9.17, 15) is 4.79 Å². The van der Waals surface area contributed by atoms with Crippen molar-refractivity contribution in [1.29, 1.82) is 0 Å². The number of hydrogen-bond acceptors (Lipinski definition) is 4. The monoisotopic (exact) mass is 357 g/mol. The molecule has 20 heavy (non-hydrogen) atoms. The molecule has 106 valence electrons. The first kappa shape index (κ1) is 14.8. The van der Waals surface area contributed by atoms with Crippen LogP contribution in [-0.2, 0) is 0 Å². The maximum Gasteiger partial charge on any atom is 0.278 e. The zero-order valence-electron chi connectivity index (χ0n) is 10.9. The van der Waals surface area contributed by atoms with Crippen molar-refractivity contribution in [3.05, 3.63) is 33.3 Å². The predicted octanol–water partition coefficient (Wildman–Crippen LogP) is 3.18. The number of nitrogens with two attached hydrogens (primary N) is 1. The topological polar surface area (TPSA) is 96.7 Å². The Bertz CT molecular complexity index is 655. The number of aromatic nitrogens is 3. The SMILES string of the molecule is CC(C)c1[nH]nc(C(=O)Nc2cc(Br)cnc2Cl)c1N. The average molecular weight is 359 g/mol. The number of carbonyl (C=O) groups excluding carboxylic acids is 1. The van der Waals surface area contributed by atoms with Crippen LogP contribution in [0.25, 0.3) is 0 Å². The molecular formula is C12H13BrClN5O. The van der Waals surface area contributed by atoms with Crippen molar-refractivity contribution in [3.8, 4) is 0 Å². The van der Waals surface area contributed by atoms with E-state index < -0.39 is 5.91 Å². The van der Waals surface area contributed by atoms with E-state index in [1.54, 1.807) is 6.07 Å². The highest BCUT2D eigenvalue weighted by Gasteiger charge is 2.19. The Balaban J connectivity index is 2.26. The lowest BCUT2D eigenvalue weighted by atomic mass is 10.1. The summed E-state index contributed by atoms with van der Waals surface area (Å²) in [6.07, 6.45) is 1.54. The Labute approximate surface area is 129 Å². The molecule has 2 aromatic rings. The molecule has 2 heterocycles. The molecule has 0 radical (unpaired) electrons. The van der Waals surface area contributed by atoms with Gasteiger partial charge < -0.3 is 11.1 Å². The third kappa shape index (κ3) is 2.94. The number of rotatable bonds is 3. The first-order valence-electron chi connectivity index (χ1n) is 5.86. The molecule has 0 aliphatic rings. The highest BCUT2D eigenvalue weighted by Crippen LogP contribution is 2.26. The van der Waals surface area contributed by atoms with Crippen LogP contribution in [0.3, 0.4) is 0 Å². The molecule has 0 aliphatic carbocycles. The van der Waals surface area contributed by atoms with Crippen LogP contribution < -0.4 is 11.1 Å². The first-order valence-corrected chi connectivity index (χ1v) is 7.03. The summed E-state index contributed by atoms with van der Waals surface area (Å²) in [6.45, 7) is 3.92. The summed E-state index contributed by atoms with van der Waals surface area (Å²) in [5.74, 6) is -0.285. The summed E-state index contributed by atoms with van der Waals surface area (Å²) < 4.78 is 0.704. The number of pyridine rings is 1. The normalized spacial score (nSPS) is 10.8. The molecule has 6 nitrogen and oxygen atoms in total. The number of hydrogen-bond donors (Lipinski definition) is 3. The quantitative estimate of drug-likeness (QED) is 0.734. The molecule has 4 N–H and O–H groups in total. The number of aromatic amines is 1. The second-order valence-corrected chi connectivity index (χ2v) is 5.77. The molecular weight excluding hydrogens is 346 g/mol. The van der Waals surface area contributed by atoms with Crippen LogP contribution in [0.5, 0.6) is 0 Å². The Morgan fingerprint density at radius 2 is 2.25 bits per heavy atom. The van der Waals surface area contributed by atoms with Gasteiger partial charge >= 0.3 is 0 Å². The number of anilines is 2. The zero-order valence-corrected chi connectivity index (χ0v) is 13.2. The molecule has 0 bridgehead atoms. The van der Waals surface area contributed by atoms with Gasteiger partial charge in [-0.15, -0.1) is 0 Å². The van der Waals surface area contributed by atoms with Crippen LogP contribution in [-0.4, -0.2) is 21.1 Å². The second kappa shape index (κ2) is 5.80. The number of nitrogens with one attached hydrogen (secondary N) is 2. The van der Waals surface area contributed by atoms with Crippen LogP contribution in [0.4, 0.5) is 11.4 Å². The van der Waals surface area contributed by atoms with Crippen molar-refractivity contribution in [2.24, 2.45) is 0 Å². The van der Waals surface area contributed by atoms with E-state index in [0.29, 0.717) is 15.8 Å². The Hall–Kier alpha value is -1.60. The summed E-state index contributed by atoms with van der Waals surface area (Å²) in [5, 5.41) is 9.55. The first-order chi connectivity index (χ1) is 9.40. The predicted molar refractivity (Wildman–Crippen MR) is 82.0 cm³/mol. The van der Waals surface area contributed by atoms with Crippen molar-refractivity contribution in [2.75, 3.05) is 11.1 Å². The summed E-state index contributed by atoms with van der Waals surface area (Å²) in [5.41, 5.74) is 7.52. The van der Waals surface area contributed by atoms with Gasteiger partial charge in [-0.3, -0.25) is 9.89 Å². The van der Waals surface area contributed by atoms with Gasteiger partial charge in [-0.25, -0.2) is 4.98 Å². The number of amides is 1. The summed E-state index contributed by atoms with van der Waals surface area (Å²) in [7, 11) is 0. The number of halogens is 2. The fourth-order valence-electron chi connectivity index (χ4n) is 1.67. The van der Waals surface area contributed by atoms with Crippen molar-refractivity contribution < 1.29 is 4.79 Å². The Morgan fingerprint density at radius 1 is 1.55 bits per heavy atom. The van der Waals surface area contributed by atoms with E-state index >= 15 is 0 Å².